The first kappa shape index (κ1) is 35.7. The van der Waals surface area contributed by atoms with Gasteiger partial charge in [-0.15, -0.1) is 0 Å². The number of hydrogen-bond donors (Lipinski definition) is 0. The average Bonchev–Trinajstić information content (AvgIpc) is 3.10. The Bertz CT molecular complexity index is 1840. The van der Waals surface area contributed by atoms with Gasteiger partial charge >= 0.3 is 30.2 Å². The largest absolute Gasteiger partial charge is 0.513 e. The van der Waals surface area contributed by atoms with Gasteiger partial charge in [-0.05, 0) is 95.8 Å². The molecule has 4 aromatic carbocycles. The fraction of sp³-hybridized carbons (Fsp3) is 0.216. The van der Waals surface area contributed by atoms with Crippen molar-refractivity contribution in [2.45, 2.75) is 25.7 Å². The summed E-state index contributed by atoms with van der Waals surface area (Å²) in [7, 11) is 0. The van der Waals surface area contributed by atoms with E-state index in [2.05, 4.69) is 13.2 Å². The molecule has 0 saturated carbocycles. The van der Waals surface area contributed by atoms with Crippen LogP contribution in [0.1, 0.15) is 36.0 Å². The Morgan fingerprint density at radius 3 is 1.27 bits per heavy atom. The molecule has 0 aliphatic rings. The van der Waals surface area contributed by atoms with Crippen LogP contribution in [-0.2, 0) is 28.5 Å². The summed E-state index contributed by atoms with van der Waals surface area (Å²) in [5.74, 6) is -0.696. The molecule has 254 valence electrons. The summed E-state index contributed by atoms with van der Waals surface area (Å²) >= 11 is 0. The Hall–Kier alpha value is -6.17. The number of rotatable bonds is 16. The molecule has 0 aliphatic carbocycles. The first-order valence-electron chi connectivity index (χ1n) is 15.3. The summed E-state index contributed by atoms with van der Waals surface area (Å²) < 4.78 is 35.9. The van der Waals surface area contributed by atoms with Gasteiger partial charge in [-0.25, -0.2) is 24.0 Å². The summed E-state index contributed by atoms with van der Waals surface area (Å²) in [5.41, 5.74) is 0.319. The fourth-order valence-electron chi connectivity index (χ4n) is 4.34. The Balaban J connectivity index is 1.24. The molecule has 0 heterocycles. The second kappa shape index (κ2) is 18.2. The smallest absolute Gasteiger partial charge is 0.463 e. The molecule has 0 N–H and O–H groups in total. The predicted octanol–water partition coefficient (Wildman–Crippen LogP) is 7.26. The third-order valence-electron chi connectivity index (χ3n) is 6.78. The lowest BCUT2D eigenvalue weighted by Crippen LogP contribution is -2.12. The van der Waals surface area contributed by atoms with Gasteiger partial charge in [-0.1, -0.05) is 37.4 Å². The lowest BCUT2D eigenvalue weighted by Gasteiger charge is -2.09. The number of benzene rings is 4. The van der Waals surface area contributed by atoms with Crippen molar-refractivity contribution >= 4 is 51.8 Å². The van der Waals surface area contributed by atoms with Crippen molar-refractivity contribution in [3.05, 3.63) is 104 Å². The van der Waals surface area contributed by atoms with Crippen LogP contribution < -0.4 is 14.2 Å². The molecule has 0 aromatic heterocycles. The van der Waals surface area contributed by atoms with E-state index < -0.39 is 30.2 Å². The highest BCUT2D eigenvalue weighted by Gasteiger charge is 2.13. The summed E-state index contributed by atoms with van der Waals surface area (Å²) in [6, 6.07) is 19.9. The van der Waals surface area contributed by atoms with Gasteiger partial charge in [0.25, 0.3) is 0 Å². The topological polar surface area (TPSA) is 150 Å². The van der Waals surface area contributed by atoms with Crippen LogP contribution >= 0.6 is 0 Å². The molecule has 0 aliphatic heterocycles. The zero-order valence-corrected chi connectivity index (χ0v) is 26.6. The maximum absolute atomic E-state index is 13.0. The van der Waals surface area contributed by atoms with Gasteiger partial charge in [0.15, 0.2) is 0 Å². The normalized spacial score (nSPS) is 10.4. The molecule has 0 bridgehead atoms. The van der Waals surface area contributed by atoms with Crippen LogP contribution in [0, 0.1) is 0 Å². The molecule has 0 atom stereocenters. The van der Waals surface area contributed by atoms with Crippen LogP contribution in [0.4, 0.5) is 9.59 Å². The monoisotopic (exact) mass is 670 g/mol. The van der Waals surface area contributed by atoms with Crippen molar-refractivity contribution in [1.82, 2.24) is 0 Å². The van der Waals surface area contributed by atoms with Crippen molar-refractivity contribution < 1.29 is 57.1 Å². The maximum Gasteiger partial charge on any atom is 0.513 e. The van der Waals surface area contributed by atoms with Crippen molar-refractivity contribution in [3.63, 3.8) is 0 Å². The molecule has 12 heteroatoms. The third-order valence-corrected chi connectivity index (χ3v) is 6.78. The lowest BCUT2D eigenvalue weighted by atomic mass is 10.1. The number of esters is 3. The van der Waals surface area contributed by atoms with E-state index in [9.17, 15) is 24.0 Å². The molecule has 0 saturated heterocycles. The highest BCUT2D eigenvalue weighted by atomic mass is 16.7. The number of carbonyl (C=O) groups is 5. The first-order chi connectivity index (χ1) is 23.7. The second-order valence-electron chi connectivity index (χ2n) is 10.3. The molecule has 0 amide bonds. The Kier molecular flexibility index (Phi) is 13.3. The summed E-state index contributed by atoms with van der Waals surface area (Å²) in [6.45, 7) is 7.24. The molecular formula is C37H34O12. The van der Waals surface area contributed by atoms with Crippen molar-refractivity contribution in [3.8, 4) is 17.2 Å². The quantitative estimate of drug-likeness (QED) is 0.0295. The zero-order chi connectivity index (χ0) is 35.0. The SMILES string of the molecule is C=CC(=O)OCCCCOC(=O)Oc1ccc2cc(OC(=O)c3ccc4cc(OC(=O)OCCCCOC(=O)C=C)ccc4c3)ccc2c1. The van der Waals surface area contributed by atoms with E-state index in [1.54, 1.807) is 72.8 Å². The van der Waals surface area contributed by atoms with E-state index in [4.69, 9.17) is 33.2 Å². The van der Waals surface area contributed by atoms with Gasteiger partial charge < -0.3 is 33.2 Å². The van der Waals surface area contributed by atoms with Crippen LogP contribution in [-0.4, -0.2) is 56.6 Å². The van der Waals surface area contributed by atoms with Crippen molar-refractivity contribution in [1.29, 1.82) is 0 Å². The van der Waals surface area contributed by atoms with E-state index in [0.29, 0.717) is 37.0 Å². The number of carbonyl (C=O) groups excluding carboxylic acids is 5. The van der Waals surface area contributed by atoms with E-state index in [1.165, 1.54) is 0 Å². The minimum atomic E-state index is -0.863. The minimum Gasteiger partial charge on any atom is -0.463 e. The molecule has 0 spiro atoms. The van der Waals surface area contributed by atoms with Gasteiger partial charge in [0, 0.05) is 12.2 Å². The highest BCUT2D eigenvalue weighted by molar-refractivity contribution is 5.97. The maximum atomic E-state index is 13.0. The van der Waals surface area contributed by atoms with E-state index in [-0.39, 0.29) is 37.9 Å². The number of ether oxygens (including phenoxy) is 7. The van der Waals surface area contributed by atoms with Gasteiger partial charge in [0.05, 0.1) is 32.0 Å². The first-order valence-corrected chi connectivity index (χ1v) is 15.3. The number of unbranched alkanes of at least 4 members (excludes halogenated alkanes) is 2. The molecule has 4 rings (SSSR count). The number of hydrogen-bond acceptors (Lipinski definition) is 12. The van der Waals surface area contributed by atoms with E-state index in [1.807, 2.05) is 0 Å². The number of fused-ring (bicyclic) bond motifs is 2. The molecule has 12 nitrogen and oxygen atoms in total. The van der Waals surface area contributed by atoms with Crippen LogP contribution in [0.25, 0.3) is 21.5 Å². The van der Waals surface area contributed by atoms with Gasteiger partial charge in [0.1, 0.15) is 17.2 Å². The van der Waals surface area contributed by atoms with E-state index in [0.717, 1.165) is 33.7 Å². The van der Waals surface area contributed by atoms with Gasteiger partial charge in [-0.3, -0.25) is 0 Å². The molecular weight excluding hydrogens is 636 g/mol. The Morgan fingerprint density at radius 2 is 0.837 bits per heavy atom. The highest BCUT2D eigenvalue weighted by Crippen LogP contribution is 2.27. The molecule has 49 heavy (non-hydrogen) atoms. The van der Waals surface area contributed by atoms with E-state index >= 15 is 0 Å². The fourth-order valence-corrected chi connectivity index (χ4v) is 4.34. The lowest BCUT2D eigenvalue weighted by molar-refractivity contribution is -0.138. The van der Waals surface area contributed by atoms with Crippen LogP contribution in [0.2, 0.25) is 0 Å². The van der Waals surface area contributed by atoms with Crippen LogP contribution in [0.5, 0.6) is 17.2 Å². The second-order valence-corrected chi connectivity index (χ2v) is 10.3. The molecule has 4 aromatic rings. The molecule has 0 radical (unpaired) electrons. The molecule has 0 unspecified atom stereocenters. The summed E-state index contributed by atoms with van der Waals surface area (Å²) in [4.78, 5) is 59.0. The average molecular weight is 671 g/mol. The Morgan fingerprint density at radius 1 is 0.469 bits per heavy atom. The Labute approximate surface area is 281 Å². The predicted molar refractivity (Wildman–Crippen MR) is 178 cm³/mol. The van der Waals surface area contributed by atoms with Gasteiger partial charge in [0.2, 0.25) is 0 Å². The summed E-state index contributed by atoms with van der Waals surface area (Å²) in [5, 5.41) is 2.94. The zero-order valence-electron chi connectivity index (χ0n) is 26.6. The molecule has 0 fully saturated rings. The summed E-state index contributed by atoms with van der Waals surface area (Å²) in [6.07, 6.45) is 2.47. The van der Waals surface area contributed by atoms with Gasteiger partial charge in [-0.2, -0.15) is 0 Å². The van der Waals surface area contributed by atoms with Crippen LogP contribution in [0.15, 0.2) is 98.1 Å². The van der Waals surface area contributed by atoms with Crippen LogP contribution in [0.3, 0.4) is 0 Å². The standard InChI is InChI=1S/C37H34O12/c1-3-33(38)43-17-5-7-19-45-36(41)48-31-15-11-25-21-29(10-9-26(25)23-31)35(40)47-30-14-12-28-24-32(16-13-27(28)22-30)49-37(42)46-20-8-6-18-44-34(39)4-2/h3-4,9-16,21-24H,1-2,5-8,17-20H2. The minimum absolute atomic E-state index is 0.105. The van der Waals surface area contributed by atoms with Crippen molar-refractivity contribution in [2.24, 2.45) is 0 Å². The van der Waals surface area contributed by atoms with Crippen molar-refractivity contribution in [2.75, 3.05) is 26.4 Å². The third kappa shape index (κ3) is 11.5.